The van der Waals surface area contributed by atoms with E-state index in [4.69, 9.17) is 4.74 Å². The summed E-state index contributed by atoms with van der Waals surface area (Å²) in [4.78, 5) is 43.3. The molecule has 0 radical (unpaired) electrons. The predicted molar refractivity (Wildman–Crippen MR) is 142 cm³/mol. The second-order valence-electron chi connectivity index (χ2n) is 10.7. The van der Waals surface area contributed by atoms with Gasteiger partial charge in [-0.3, -0.25) is 14.5 Å². The highest BCUT2D eigenvalue weighted by atomic mass is 16.5. The molecule has 1 unspecified atom stereocenters. The van der Waals surface area contributed by atoms with Crippen LogP contribution >= 0.6 is 0 Å². The number of likely N-dealkylation sites (N-methyl/N-ethyl adjacent to an activating group) is 1. The third-order valence-electron chi connectivity index (χ3n) is 7.11. The highest BCUT2D eigenvalue weighted by Gasteiger charge is 2.36. The zero-order chi connectivity index (χ0) is 26.7. The molecule has 2 amide bonds. The summed E-state index contributed by atoms with van der Waals surface area (Å²) in [5.74, 6) is -0.534. The molecular formula is C28H51N3O4. The molecule has 0 aromatic carbocycles. The van der Waals surface area contributed by atoms with Crippen LogP contribution in [0.3, 0.4) is 0 Å². The highest BCUT2D eigenvalue weighted by Crippen LogP contribution is 2.23. The minimum Gasteiger partial charge on any atom is -0.463 e. The summed E-state index contributed by atoms with van der Waals surface area (Å²) in [5.41, 5.74) is 0.481. The number of unbranched alkanes of at least 4 members (excludes halogenated alkanes) is 1. The molecule has 7 heteroatoms. The van der Waals surface area contributed by atoms with Gasteiger partial charge in [0.1, 0.15) is 6.04 Å². The Balaban J connectivity index is 3.05. The van der Waals surface area contributed by atoms with Crippen molar-refractivity contribution >= 4 is 17.8 Å². The maximum atomic E-state index is 13.6. The van der Waals surface area contributed by atoms with Crippen molar-refractivity contribution in [2.24, 2.45) is 11.8 Å². The maximum absolute atomic E-state index is 13.6. The van der Waals surface area contributed by atoms with Gasteiger partial charge in [0.25, 0.3) is 0 Å². The number of piperidine rings is 1. The van der Waals surface area contributed by atoms with Crippen LogP contribution in [0.25, 0.3) is 0 Å². The molecule has 0 aliphatic carbocycles. The van der Waals surface area contributed by atoms with E-state index in [9.17, 15) is 14.4 Å². The molecule has 1 aliphatic rings. The number of hydrogen-bond donors (Lipinski definition) is 1. The van der Waals surface area contributed by atoms with Gasteiger partial charge in [-0.25, -0.2) is 4.79 Å². The minimum atomic E-state index is -0.625. The average molecular weight is 494 g/mol. The molecule has 202 valence electrons. The molecule has 35 heavy (non-hydrogen) atoms. The van der Waals surface area contributed by atoms with Crippen molar-refractivity contribution in [2.45, 2.75) is 118 Å². The Hall–Kier alpha value is -1.89. The average Bonchev–Trinajstić information content (AvgIpc) is 2.82. The fourth-order valence-electron chi connectivity index (χ4n) is 4.88. The first kappa shape index (κ1) is 31.1. The molecule has 0 aromatic heterocycles. The minimum absolute atomic E-state index is 0.0483. The maximum Gasteiger partial charge on any atom is 0.333 e. The van der Waals surface area contributed by atoms with E-state index in [0.717, 1.165) is 45.1 Å². The summed E-state index contributed by atoms with van der Waals surface area (Å²) in [6, 6.07) is -0.755. The van der Waals surface area contributed by atoms with Gasteiger partial charge < -0.3 is 15.0 Å². The summed E-state index contributed by atoms with van der Waals surface area (Å²) in [6.07, 6.45) is 8.15. The molecule has 1 aliphatic heterocycles. The van der Waals surface area contributed by atoms with Crippen molar-refractivity contribution in [2.75, 3.05) is 20.2 Å². The SMILES string of the molecule is CCCCC(C)N1CCCC[C@@H]1C(=O)N[C@H](C(=O)N(C)[C@H](C=C(C)C(=O)OCC)C(C)C)C(C)C. The second-order valence-corrected chi connectivity index (χ2v) is 10.7. The lowest BCUT2D eigenvalue weighted by Crippen LogP contribution is -2.59. The van der Waals surface area contributed by atoms with Gasteiger partial charge in [0.2, 0.25) is 11.8 Å². The zero-order valence-electron chi connectivity index (χ0n) is 23.7. The molecule has 4 atom stereocenters. The number of hydrogen-bond acceptors (Lipinski definition) is 5. The Kier molecular flexibility index (Phi) is 13.6. The number of ether oxygens (including phenoxy) is 1. The van der Waals surface area contributed by atoms with Crippen molar-refractivity contribution in [3.05, 3.63) is 11.6 Å². The molecule has 0 spiro atoms. The topological polar surface area (TPSA) is 79.0 Å². The molecule has 0 bridgehead atoms. The number of carbonyl (C=O) groups is 3. The number of nitrogens with one attached hydrogen (secondary N) is 1. The first-order valence-corrected chi connectivity index (χ1v) is 13.6. The molecule has 1 saturated heterocycles. The number of amides is 2. The largest absolute Gasteiger partial charge is 0.463 e. The quantitative estimate of drug-likeness (QED) is 0.301. The van der Waals surface area contributed by atoms with E-state index >= 15 is 0 Å². The Morgan fingerprint density at radius 3 is 2.29 bits per heavy atom. The smallest absolute Gasteiger partial charge is 0.333 e. The fraction of sp³-hybridized carbons (Fsp3) is 0.821. The molecule has 0 aromatic rings. The van der Waals surface area contributed by atoms with Crippen LogP contribution in [0.5, 0.6) is 0 Å². The van der Waals surface area contributed by atoms with Gasteiger partial charge in [0, 0.05) is 18.7 Å². The van der Waals surface area contributed by atoms with Crippen LogP contribution in [-0.4, -0.2) is 72.0 Å². The number of likely N-dealkylation sites (tertiary alicyclic amines) is 1. The van der Waals surface area contributed by atoms with Gasteiger partial charge in [-0.05, 0) is 58.4 Å². The lowest BCUT2D eigenvalue weighted by atomic mass is 9.95. The summed E-state index contributed by atoms with van der Waals surface area (Å²) in [6.45, 7) is 17.1. The zero-order valence-corrected chi connectivity index (χ0v) is 23.7. The van der Waals surface area contributed by atoms with Crippen molar-refractivity contribution in [3.63, 3.8) is 0 Å². The van der Waals surface area contributed by atoms with Crippen LogP contribution in [0.2, 0.25) is 0 Å². The standard InChI is InChI=1S/C28H51N3O4/c1-10-12-15-22(8)31-17-14-13-16-23(31)26(32)29-25(20(5)6)27(33)30(9)24(19(3)4)18-21(7)28(34)35-11-2/h18-20,22-25H,10-17H2,1-9H3,(H,29,32)/t22?,23-,24-,25+/m1/s1. The van der Waals surface area contributed by atoms with E-state index < -0.39 is 6.04 Å². The number of rotatable bonds is 13. The Bertz CT molecular complexity index is 719. The van der Waals surface area contributed by atoms with Crippen LogP contribution in [0.1, 0.15) is 93.9 Å². The van der Waals surface area contributed by atoms with E-state index in [2.05, 4.69) is 24.1 Å². The van der Waals surface area contributed by atoms with E-state index in [0.29, 0.717) is 18.2 Å². The predicted octanol–water partition coefficient (Wildman–Crippen LogP) is 4.55. The van der Waals surface area contributed by atoms with E-state index in [1.165, 1.54) is 0 Å². The summed E-state index contributed by atoms with van der Waals surface area (Å²) in [5, 5.41) is 3.11. The summed E-state index contributed by atoms with van der Waals surface area (Å²) in [7, 11) is 1.75. The molecule has 0 saturated carbocycles. The van der Waals surface area contributed by atoms with Crippen molar-refractivity contribution < 1.29 is 19.1 Å². The first-order valence-electron chi connectivity index (χ1n) is 13.6. The van der Waals surface area contributed by atoms with E-state index in [1.54, 1.807) is 31.9 Å². The normalized spacial score (nSPS) is 19.9. The number of nitrogens with zero attached hydrogens (tertiary/aromatic N) is 2. The molecule has 1 N–H and O–H groups in total. The molecule has 1 heterocycles. The Morgan fingerprint density at radius 1 is 1.09 bits per heavy atom. The molecule has 7 nitrogen and oxygen atoms in total. The summed E-state index contributed by atoms with van der Waals surface area (Å²) < 4.78 is 5.11. The van der Waals surface area contributed by atoms with Crippen LogP contribution in [-0.2, 0) is 19.1 Å². The van der Waals surface area contributed by atoms with Crippen molar-refractivity contribution in [3.8, 4) is 0 Å². The van der Waals surface area contributed by atoms with Crippen LogP contribution < -0.4 is 5.32 Å². The second kappa shape index (κ2) is 15.3. The van der Waals surface area contributed by atoms with Gasteiger partial charge >= 0.3 is 5.97 Å². The highest BCUT2D eigenvalue weighted by molar-refractivity contribution is 5.91. The Labute approximate surface area is 214 Å². The molecule has 1 rings (SSSR count). The van der Waals surface area contributed by atoms with Gasteiger partial charge in [-0.15, -0.1) is 0 Å². The van der Waals surface area contributed by atoms with Crippen molar-refractivity contribution in [1.29, 1.82) is 0 Å². The monoisotopic (exact) mass is 493 g/mol. The van der Waals surface area contributed by atoms with E-state index in [-0.39, 0.29) is 41.7 Å². The van der Waals surface area contributed by atoms with Gasteiger partial charge in [-0.1, -0.05) is 60.0 Å². The van der Waals surface area contributed by atoms with Gasteiger partial charge in [0.15, 0.2) is 0 Å². The Morgan fingerprint density at radius 2 is 1.74 bits per heavy atom. The number of esters is 1. The lowest BCUT2D eigenvalue weighted by Gasteiger charge is -2.40. The molecular weight excluding hydrogens is 442 g/mol. The van der Waals surface area contributed by atoms with Gasteiger partial charge in [-0.2, -0.15) is 0 Å². The van der Waals surface area contributed by atoms with E-state index in [1.807, 2.05) is 27.7 Å². The third-order valence-corrected chi connectivity index (χ3v) is 7.11. The van der Waals surface area contributed by atoms with Crippen LogP contribution in [0.15, 0.2) is 11.6 Å². The van der Waals surface area contributed by atoms with Crippen LogP contribution in [0, 0.1) is 11.8 Å². The third kappa shape index (κ3) is 9.25. The first-order chi connectivity index (χ1) is 16.5. The summed E-state index contributed by atoms with van der Waals surface area (Å²) >= 11 is 0. The van der Waals surface area contributed by atoms with Gasteiger partial charge in [0.05, 0.1) is 18.7 Å². The lowest BCUT2D eigenvalue weighted by molar-refractivity contribution is -0.140. The van der Waals surface area contributed by atoms with Crippen LogP contribution in [0.4, 0.5) is 0 Å². The van der Waals surface area contributed by atoms with Crippen molar-refractivity contribution in [1.82, 2.24) is 15.1 Å². The molecule has 1 fully saturated rings. The number of carbonyl (C=O) groups excluding carboxylic acids is 3. The fourth-order valence-corrected chi connectivity index (χ4v) is 4.88.